The molecule has 1 aromatic heterocycles. The molecule has 1 saturated heterocycles. The van der Waals surface area contributed by atoms with Crippen LogP contribution in [-0.2, 0) is 17.7 Å². The smallest absolute Gasteiger partial charge is 0.191 e. The Hall–Kier alpha value is -1.39. The van der Waals surface area contributed by atoms with Crippen molar-refractivity contribution in [3.05, 3.63) is 52.0 Å². The number of anilines is 1. The summed E-state index contributed by atoms with van der Waals surface area (Å²) in [6.07, 6.45) is 0.963. The first-order valence-electron chi connectivity index (χ1n) is 9.42. The summed E-state index contributed by atoms with van der Waals surface area (Å²) in [5, 5.41) is 8.66. The van der Waals surface area contributed by atoms with Gasteiger partial charge in [-0.2, -0.15) is 0 Å². The molecule has 1 aromatic carbocycles. The Balaban J connectivity index is 0.00000280. The van der Waals surface area contributed by atoms with E-state index in [0.717, 1.165) is 44.1 Å². The standard InChI is InChI=1S/C20H27FN4OS.HI/c1-2-22-20(23-8-7-17-4-3-13-27-17)24-15-16-5-6-19(18(21)14-16)25-9-11-26-12-10-25;/h3-6,13-14H,2,7-12,15H2,1H3,(H2,22,23,24);1H. The Morgan fingerprint density at radius 1 is 1.25 bits per heavy atom. The van der Waals surface area contributed by atoms with E-state index in [-0.39, 0.29) is 29.8 Å². The highest BCUT2D eigenvalue weighted by atomic mass is 127. The largest absolute Gasteiger partial charge is 0.378 e. The van der Waals surface area contributed by atoms with E-state index < -0.39 is 0 Å². The van der Waals surface area contributed by atoms with Gasteiger partial charge >= 0.3 is 0 Å². The Morgan fingerprint density at radius 3 is 2.75 bits per heavy atom. The molecule has 0 saturated carbocycles. The molecule has 0 radical (unpaired) electrons. The van der Waals surface area contributed by atoms with E-state index in [1.807, 2.05) is 24.0 Å². The van der Waals surface area contributed by atoms with Crippen LogP contribution in [0.15, 0.2) is 40.7 Å². The van der Waals surface area contributed by atoms with Crippen molar-refractivity contribution in [2.24, 2.45) is 4.99 Å². The Bertz CT molecular complexity index is 736. The number of hydrogen-bond donors (Lipinski definition) is 2. The monoisotopic (exact) mass is 518 g/mol. The van der Waals surface area contributed by atoms with E-state index in [1.54, 1.807) is 17.4 Å². The number of aliphatic imine (C=N–C) groups is 1. The van der Waals surface area contributed by atoms with Gasteiger partial charge in [0.05, 0.1) is 25.4 Å². The quantitative estimate of drug-likeness (QED) is 0.334. The van der Waals surface area contributed by atoms with E-state index in [1.165, 1.54) is 4.88 Å². The van der Waals surface area contributed by atoms with Crippen molar-refractivity contribution >= 4 is 47.0 Å². The molecule has 0 spiro atoms. The molecular formula is C20H28FIN4OS. The van der Waals surface area contributed by atoms with Crippen LogP contribution in [0.5, 0.6) is 0 Å². The van der Waals surface area contributed by atoms with E-state index in [0.29, 0.717) is 25.4 Å². The third-order valence-electron chi connectivity index (χ3n) is 4.37. The van der Waals surface area contributed by atoms with E-state index in [2.05, 4.69) is 33.1 Å². The van der Waals surface area contributed by atoms with Crippen molar-refractivity contribution in [3.8, 4) is 0 Å². The average molecular weight is 518 g/mol. The van der Waals surface area contributed by atoms with Crippen LogP contribution in [0, 0.1) is 5.82 Å². The fourth-order valence-corrected chi connectivity index (χ4v) is 3.69. The number of benzene rings is 1. The SMILES string of the molecule is CCNC(=NCc1ccc(N2CCOCC2)c(F)c1)NCCc1cccs1.I. The Kier molecular flexibility index (Phi) is 10.0. The van der Waals surface area contributed by atoms with E-state index >= 15 is 0 Å². The topological polar surface area (TPSA) is 48.9 Å². The normalized spacial score (nSPS) is 14.5. The van der Waals surface area contributed by atoms with Crippen molar-refractivity contribution in [1.82, 2.24) is 10.6 Å². The Morgan fingerprint density at radius 2 is 2.07 bits per heavy atom. The maximum absolute atomic E-state index is 14.5. The lowest BCUT2D eigenvalue weighted by Gasteiger charge is -2.29. The van der Waals surface area contributed by atoms with Gasteiger partial charge in [0.1, 0.15) is 5.82 Å². The minimum Gasteiger partial charge on any atom is -0.378 e. The van der Waals surface area contributed by atoms with Gasteiger partial charge in [0, 0.05) is 31.1 Å². The van der Waals surface area contributed by atoms with Gasteiger partial charge in [-0.1, -0.05) is 12.1 Å². The lowest BCUT2D eigenvalue weighted by Crippen LogP contribution is -2.38. The van der Waals surface area contributed by atoms with Gasteiger partial charge in [0.2, 0.25) is 0 Å². The number of thiophene rings is 1. The second-order valence-electron chi connectivity index (χ2n) is 6.34. The van der Waals surface area contributed by atoms with Crippen molar-refractivity contribution in [2.75, 3.05) is 44.3 Å². The number of rotatable bonds is 7. The Labute approximate surface area is 187 Å². The molecule has 8 heteroatoms. The molecule has 2 N–H and O–H groups in total. The average Bonchev–Trinajstić information content (AvgIpc) is 3.20. The molecule has 1 aliphatic rings. The summed E-state index contributed by atoms with van der Waals surface area (Å²) in [7, 11) is 0. The maximum Gasteiger partial charge on any atom is 0.191 e. The lowest BCUT2D eigenvalue weighted by molar-refractivity contribution is 0.122. The van der Waals surface area contributed by atoms with Crippen LogP contribution in [-0.4, -0.2) is 45.4 Å². The van der Waals surface area contributed by atoms with Crippen LogP contribution >= 0.6 is 35.3 Å². The van der Waals surface area contributed by atoms with E-state index in [4.69, 9.17) is 4.74 Å². The highest BCUT2D eigenvalue weighted by Gasteiger charge is 2.15. The number of halogens is 2. The molecule has 2 heterocycles. The first-order valence-corrected chi connectivity index (χ1v) is 10.3. The molecule has 0 atom stereocenters. The summed E-state index contributed by atoms with van der Waals surface area (Å²) < 4.78 is 19.8. The minimum atomic E-state index is -0.194. The number of nitrogens with one attached hydrogen (secondary N) is 2. The molecule has 0 unspecified atom stereocenters. The molecule has 1 aliphatic heterocycles. The third-order valence-corrected chi connectivity index (χ3v) is 5.31. The van der Waals surface area contributed by atoms with Gasteiger partial charge in [-0.05, 0) is 42.5 Å². The first-order chi connectivity index (χ1) is 13.3. The van der Waals surface area contributed by atoms with Crippen molar-refractivity contribution < 1.29 is 9.13 Å². The van der Waals surface area contributed by atoms with Crippen LogP contribution in [0.25, 0.3) is 0 Å². The maximum atomic E-state index is 14.5. The van der Waals surface area contributed by atoms with Crippen molar-refractivity contribution in [2.45, 2.75) is 19.9 Å². The molecule has 1 fully saturated rings. The lowest BCUT2D eigenvalue weighted by atomic mass is 10.1. The molecule has 0 bridgehead atoms. The zero-order valence-electron chi connectivity index (χ0n) is 16.1. The summed E-state index contributed by atoms with van der Waals surface area (Å²) in [5.74, 6) is 0.562. The van der Waals surface area contributed by atoms with Crippen molar-refractivity contribution in [3.63, 3.8) is 0 Å². The molecule has 0 amide bonds. The van der Waals surface area contributed by atoms with Gasteiger partial charge in [-0.15, -0.1) is 35.3 Å². The van der Waals surface area contributed by atoms with Crippen LogP contribution in [0.1, 0.15) is 17.4 Å². The van der Waals surface area contributed by atoms with Crippen LogP contribution in [0.3, 0.4) is 0 Å². The van der Waals surface area contributed by atoms with Gasteiger partial charge in [-0.25, -0.2) is 9.38 Å². The van der Waals surface area contributed by atoms with Crippen LogP contribution in [0.2, 0.25) is 0 Å². The van der Waals surface area contributed by atoms with Gasteiger partial charge in [-0.3, -0.25) is 0 Å². The predicted molar refractivity (Wildman–Crippen MR) is 126 cm³/mol. The summed E-state index contributed by atoms with van der Waals surface area (Å²) >= 11 is 1.76. The fourth-order valence-electron chi connectivity index (χ4n) is 2.98. The van der Waals surface area contributed by atoms with E-state index in [9.17, 15) is 4.39 Å². The van der Waals surface area contributed by atoms with Gasteiger partial charge < -0.3 is 20.3 Å². The molecule has 2 aromatic rings. The van der Waals surface area contributed by atoms with Gasteiger partial charge in [0.25, 0.3) is 0 Å². The fraction of sp³-hybridized carbons (Fsp3) is 0.450. The minimum absolute atomic E-state index is 0. The number of morpholine rings is 1. The molecule has 0 aliphatic carbocycles. The second-order valence-corrected chi connectivity index (χ2v) is 7.37. The summed E-state index contributed by atoms with van der Waals surface area (Å²) in [5.41, 5.74) is 1.51. The number of ether oxygens (including phenoxy) is 1. The number of hydrogen-bond acceptors (Lipinski definition) is 4. The van der Waals surface area contributed by atoms with Crippen molar-refractivity contribution in [1.29, 1.82) is 0 Å². The molecular weight excluding hydrogens is 490 g/mol. The summed E-state index contributed by atoms with van der Waals surface area (Å²) in [6, 6.07) is 9.59. The zero-order valence-corrected chi connectivity index (χ0v) is 19.3. The number of guanidine groups is 1. The van der Waals surface area contributed by atoms with Crippen LogP contribution in [0.4, 0.5) is 10.1 Å². The molecule has 5 nitrogen and oxygen atoms in total. The zero-order chi connectivity index (χ0) is 18.9. The highest BCUT2D eigenvalue weighted by Crippen LogP contribution is 2.22. The second kappa shape index (κ2) is 12.2. The highest BCUT2D eigenvalue weighted by molar-refractivity contribution is 14.0. The molecule has 154 valence electrons. The molecule has 3 rings (SSSR count). The number of nitrogens with zero attached hydrogens (tertiary/aromatic N) is 2. The first kappa shape index (κ1) is 22.9. The van der Waals surface area contributed by atoms with Gasteiger partial charge in [0.15, 0.2) is 5.96 Å². The molecule has 28 heavy (non-hydrogen) atoms. The summed E-state index contributed by atoms with van der Waals surface area (Å²) in [4.78, 5) is 7.96. The predicted octanol–water partition coefficient (Wildman–Crippen LogP) is 3.64. The third kappa shape index (κ3) is 6.89. The van der Waals surface area contributed by atoms with Crippen LogP contribution < -0.4 is 15.5 Å². The summed E-state index contributed by atoms with van der Waals surface area (Å²) in [6.45, 7) is 6.83.